The highest BCUT2D eigenvalue weighted by molar-refractivity contribution is 7.13. The van der Waals surface area contributed by atoms with Crippen molar-refractivity contribution in [3.8, 4) is 0 Å². The quantitative estimate of drug-likeness (QED) is 0.810. The number of nitrogens with zero attached hydrogens (tertiary/aromatic N) is 1. The predicted octanol–water partition coefficient (Wildman–Crippen LogP) is 4.15. The first-order valence-electron chi connectivity index (χ1n) is 8.08. The standard InChI is InChI=1S/C18H23N3O3S/c1-11(2)9-24-18(23)21-17-20-15(10-25-17)8-16(22)19-14-6-12(3)5-13(4)7-14/h5-7,10-11H,8-9H2,1-4H3,(H,19,22)(H,20,21,23). The lowest BCUT2D eigenvalue weighted by atomic mass is 10.1. The number of carbonyl (C=O) groups excluding carboxylic acids is 2. The van der Waals surface area contributed by atoms with Crippen LogP contribution in [0.4, 0.5) is 15.6 Å². The van der Waals surface area contributed by atoms with Crippen LogP contribution in [0, 0.1) is 19.8 Å². The van der Waals surface area contributed by atoms with Gasteiger partial charge in [0.25, 0.3) is 0 Å². The Bertz CT molecular complexity index is 736. The molecule has 2 N–H and O–H groups in total. The van der Waals surface area contributed by atoms with E-state index < -0.39 is 6.09 Å². The Labute approximate surface area is 151 Å². The van der Waals surface area contributed by atoms with Crippen LogP contribution in [0.15, 0.2) is 23.6 Å². The second-order valence-corrected chi connectivity index (χ2v) is 7.22. The number of carbonyl (C=O) groups is 2. The molecule has 2 rings (SSSR count). The number of thiazole rings is 1. The smallest absolute Gasteiger partial charge is 0.413 e. The Morgan fingerprint density at radius 1 is 1.16 bits per heavy atom. The van der Waals surface area contributed by atoms with E-state index in [0.29, 0.717) is 17.4 Å². The van der Waals surface area contributed by atoms with Gasteiger partial charge in [0.2, 0.25) is 5.91 Å². The summed E-state index contributed by atoms with van der Waals surface area (Å²) < 4.78 is 5.04. The molecule has 7 heteroatoms. The summed E-state index contributed by atoms with van der Waals surface area (Å²) in [4.78, 5) is 28.0. The number of aromatic nitrogens is 1. The zero-order valence-corrected chi connectivity index (χ0v) is 15.7. The van der Waals surface area contributed by atoms with E-state index in [0.717, 1.165) is 16.8 Å². The molecule has 0 saturated heterocycles. The van der Waals surface area contributed by atoms with Crippen LogP contribution in [0.5, 0.6) is 0 Å². The van der Waals surface area contributed by atoms with Crippen molar-refractivity contribution in [2.24, 2.45) is 5.92 Å². The minimum absolute atomic E-state index is 0.145. The monoisotopic (exact) mass is 361 g/mol. The Morgan fingerprint density at radius 2 is 1.84 bits per heavy atom. The van der Waals surface area contributed by atoms with Crippen molar-refractivity contribution in [2.45, 2.75) is 34.1 Å². The molecule has 0 radical (unpaired) electrons. The summed E-state index contributed by atoms with van der Waals surface area (Å²) in [6.45, 7) is 8.24. The normalized spacial score (nSPS) is 10.6. The van der Waals surface area contributed by atoms with Gasteiger partial charge in [-0.3, -0.25) is 10.1 Å². The van der Waals surface area contributed by atoms with Gasteiger partial charge in [-0.1, -0.05) is 19.9 Å². The third-order valence-electron chi connectivity index (χ3n) is 3.16. The van der Waals surface area contributed by atoms with Crippen molar-refractivity contribution < 1.29 is 14.3 Å². The maximum Gasteiger partial charge on any atom is 0.413 e. The second kappa shape index (κ2) is 8.62. The van der Waals surface area contributed by atoms with E-state index in [1.54, 1.807) is 5.38 Å². The van der Waals surface area contributed by atoms with Gasteiger partial charge >= 0.3 is 6.09 Å². The van der Waals surface area contributed by atoms with Crippen molar-refractivity contribution in [3.05, 3.63) is 40.4 Å². The molecule has 25 heavy (non-hydrogen) atoms. The summed E-state index contributed by atoms with van der Waals surface area (Å²) in [7, 11) is 0. The number of amides is 2. The molecule has 134 valence electrons. The molecule has 0 bridgehead atoms. The SMILES string of the molecule is Cc1cc(C)cc(NC(=O)Cc2csc(NC(=O)OCC(C)C)n2)c1. The fraction of sp³-hybridized carbons (Fsp3) is 0.389. The second-order valence-electron chi connectivity index (χ2n) is 6.36. The molecule has 0 aliphatic carbocycles. The molecule has 0 spiro atoms. The molecule has 0 unspecified atom stereocenters. The van der Waals surface area contributed by atoms with Gasteiger partial charge < -0.3 is 10.1 Å². The fourth-order valence-corrected chi connectivity index (χ4v) is 2.92. The number of rotatable bonds is 6. The van der Waals surface area contributed by atoms with Gasteiger partial charge in [0.05, 0.1) is 18.7 Å². The molecule has 0 aliphatic rings. The van der Waals surface area contributed by atoms with E-state index in [4.69, 9.17) is 4.74 Å². The summed E-state index contributed by atoms with van der Waals surface area (Å²) in [6.07, 6.45) is -0.388. The molecule has 1 aromatic heterocycles. The molecule has 6 nitrogen and oxygen atoms in total. The predicted molar refractivity (Wildman–Crippen MR) is 100 cm³/mol. The topological polar surface area (TPSA) is 80.3 Å². The van der Waals surface area contributed by atoms with E-state index in [2.05, 4.69) is 15.6 Å². The summed E-state index contributed by atoms with van der Waals surface area (Å²) in [6, 6.07) is 5.89. The summed E-state index contributed by atoms with van der Waals surface area (Å²) in [5, 5.41) is 7.61. The fourth-order valence-electron chi connectivity index (χ4n) is 2.23. The van der Waals surface area contributed by atoms with Gasteiger partial charge in [0.15, 0.2) is 5.13 Å². The number of ether oxygens (including phenoxy) is 1. The van der Waals surface area contributed by atoms with Crippen LogP contribution in [0.25, 0.3) is 0 Å². The molecule has 0 atom stereocenters. The largest absolute Gasteiger partial charge is 0.449 e. The Hall–Kier alpha value is -2.41. The lowest BCUT2D eigenvalue weighted by molar-refractivity contribution is -0.115. The van der Waals surface area contributed by atoms with Crippen LogP contribution >= 0.6 is 11.3 Å². The molecule has 2 amide bonds. The van der Waals surface area contributed by atoms with Gasteiger partial charge in [0, 0.05) is 11.1 Å². The molecule has 1 aromatic carbocycles. The molecule has 0 aliphatic heterocycles. The summed E-state index contributed by atoms with van der Waals surface area (Å²) in [5.74, 6) is 0.121. The minimum Gasteiger partial charge on any atom is -0.449 e. The van der Waals surface area contributed by atoms with Gasteiger partial charge in [-0.15, -0.1) is 11.3 Å². The molecule has 0 fully saturated rings. The number of benzene rings is 1. The lowest BCUT2D eigenvalue weighted by Gasteiger charge is -2.07. The van der Waals surface area contributed by atoms with Crippen LogP contribution in [-0.2, 0) is 16.0 Å². The van der Waals surface area contributed by atoms with Crippen LogP contribution in [0.2, 0.25) is 0 Å². The molecule has 2 aromatic rings. The first kappa shape index (κ1) is 18.9. The third kappa shape index (κ3) is 6.54. The summed E-state index contributed by atoms with van der Waals surface area (Å²) >= 11 is 1.26. The zero-order chi connectivity index (χ0) is 18.4. The van der Waals surface area contributed by atoms with Crippen LogP contribution in [0.3, 0.4) is 0 Å². The maximum atomic E-state index is 12.2. The highest BCUT2D eigenvalue weighted by Gasteiger charge is 2.11. The first-order valence-corrected chi connectivity index (χ1v) is 8.96. The van der Waals surface area contributed by atoms with E-state index in [9.17, 15) is 9.59 Å². The number of hydrogen-bond acceptors (Lipinski definition) is 5. The third-order valence-corrected chi connectivity index (χ3v) is 3.96. The van der Waals surface area contributed by atoms with E-state index in [1.807, 2.05) is 45.9 Å². The highest BCUT2D eigenvalue weighted by atomic mass is 32.1. The van der Waals surface area contributed by atoms with Gasteiger partial charge in [-0.2, -0.15) is 0 Å². The van der Waals surface area contributed by atoms with E-state index in [-0.39, 0.29) is 18.2 Å². The van der Waals surface area contributed by atoms with Crippen LogP contribution in [0.1, 0.15) is 30.7 Å². The zero-order valence-electron chi connectivity index (χ0n) is 14.9. The Balaban J connectivity index is 1.87. The molecule has 0 saturated carbocycles. The summed E-state index contributed by atoms with van der Waals surface area (Å²) in [5.41, 5.74) is 3.56. The van der Waals surface area contributed by atoms with Gasteiger partial charge in [0.1, 0.15) is 0 Å². The number of anilines is 2. The lowest BCUT2D eigenvalue weighted by Crippen LogP contribution is -2.17. The average Bonchev–Trinajstić information content (AvgIpc) is 2.90. The van der Waals surface area contributed by atoms with Crippen molar-refractivity contribution in [2.75, 3.05) is 17.2 Å². The Morgan fingerprint density at radius 3 is 2.48 bits per heavy atom. The first-order chi connectivity index (χ1) is 11.8. The highest BCUT2D eigenvalue weighted by Crippen LogP contribution is 2.18. The van der Waals surface area contributed by atoms with Gasteiger partial charge in [-0.05, 0) is 43.0 Å². The molecule has 1 heterocycles. The number of hydrogen-bond donors (Lipinski definition) is 2. The average molecular weight is 361 g/mol. The Kier molecular flexibility index (Phi) is 6.52. The van der Waals surface area contributed by atoms with Crippen molar-refractivity contribution in [1.82, 2.24) is 4.98 Å². The van der Waals surface area contributed by atoms with E-state index >= 15 is 0 Å². The molecular weight excluding hydrogens is 338 g/mol. The van der Waals surface area contributed by atoms with Crippen molar-refractivity contribution >= 4 is 34.2 Å². The maximum absolute atomic E-state index is 12.2. The van der Waals surface area contributed by atoms with Crippen LogP contribution in [-0.4, -0.2) is 23.6 Å². The van der Waals surface area contributed by atoms with Crippen molar-refractivity contribution in [1.29, 1.82) is 0 Å². The minimum atomic E-state index is -0.533. The van der Waals surface area contributed by atoms with Gasteiger partial charge in [-0.25, -0.2) is 9.78 Å². The number of nitrogens with one attached hydrogen (secondary N) is 2. The van der Waals surface area contributed by atoms with Crippen LogP contribution < -0.4 is 10.6 Å². The molecular formula is C18H23N3O3S. The van der Waals surface area contributed by atoms with E-state index in [1.165, 1.54) is 11.3 Å². The van der Waals surface area contributed by atoms with Crippen molar-refractivity contribution in [3.63, 3.8) is 0 Å². The number of aryl methyl sites for hydroxylation is 2.